The summed E-state index contributed by atoms with van der Waals surface area (Å²) in [5, 5.41) is 4.27. The molecule has 3 nitrogen and oxygen atoms in total. The zero-order valence-electron chi connectivity index (χ0n) is 12.9. The first-order valence-corrected chi connectivity index (χ1v) is 9.03. The van der Waals surface area contributed by atoms with Crippen LogP contribution in [-0.4, -0.2) is 29.5 Å². The molecule has 1 N–H and O–H groups in total. The quantitative estimate of drug-likeness (QED) is 0.872. The number of aromatic nitrogens is 1. The van der Waals surface area contributed by atoms with Crippen molar-refractivity contribution in [3.05, 3.63) is 50.9 Å². The van der Waals surface area contributed by atoms with E-state index >= 15 is 0 Å². The number of thiazole rings is 1. The van der Waals surface area contributed by atoms with Crippen LogP contribution in [0.1, 0.15) is 22.6 Å². The molecule has 1 fully saturated rings. The Bertz CT molecular complexity index is 590. The molecule has 0 bridgehead atoms. The van der Waals surface area contributed by atoms with E-state index in [-0.39, 0.29) is 0 Å². The fraction of sp³-hybridized carbons (Fsp3) is 0.471. The molecule has 2 heterocycles. The van der Waals surface area contributed by atoms with Crippen molar-refractivity contribution in [2.75, 3.05) is 19.6 Å². The van der Waals surface area contributed by atoms with Crippen molar-refractivity contribution in [2.45, 2.75) is 26.4 Å². The molecule has 1 aromatic carbocycles. The van der Waals surface area contributed by atoms with Crippen LogP contribution in [-0.2, 0) is 13.1 Å². The third kappa shape index (κ3) is 4.29. The molecule has 1 unspecified atom stereocenters. The number of benzene rings is 1. The van der Waals surface area contributed by atoms with E-state index in [0.717, 1.165) is 49.4 Å². The molecule has 0 aliphatic carbocycles. The van der Waals surface area contributed by atoms with Gasteiger partial charge in [0.25, 0.3) is 0 Å². The summed E-state index contributed by atoms with van der Waals surface area (Å²) < 4.78 is 0. The lowest BCUT2D eigenvalue weighted by Gasteiger charge is -2.25. The van der Waals surface area contributed by atoms with E-state index in [1.165, 1.54) is 16.9 Å². The number of aryl methyl sites for hydroxylation is 1. The highest BCUT2D eigenvalue weighted by molar-refractivity contribution is 7.09. The number of hydrogen-bond donors (Lipinski definition) is 1. The summed E-state index contributed by atoms with van der Waals surface area (Å²) in [5.74, 6) is 0.750. The van der Waals surface area contributed by atoms with Crippen LogP contribution in [0.15, 0.2) is 29.8 Å². The molecule has 1 aromatic heterocycles. The van der Waals surface area contributed by atoms with Crippen molar-refractivity contribution in [1.29, 1.82) is 0 Å². The van der Waals surface area contributed by atoms with Gasteiger partial charge in [0.1, 0.15) is 0 Å². The lowest BCUT2D eigenvalue weighted by molar-refractivity contribution is 0.222. The molecule has 1 atom stereocenters. The Morgan fingerprint density at radius 1 is 1.32 bits per heavy atom. The molecular formula is C17H22ClN3S. The van der Waals surface area contributed by atoms with Crippen molar-refractivity contribution in [1.82, 2.24) is 15.2 Å². The number of halogens is 1. The van der Waals surface area contributed by atoms with Crippen LogP contribution in [0.4, 0.5) is 0 Å². The van der Waals surface area contributed by atoms with E-state index in [1.807, 2.05) is 17.6 Å². The van der Waals surface area contributed by atoms with E-state index in [4.69, 9.17) is 11.6 Å². The third-order valence-corrected chi connectivity index (χ3v) is 5.38. The van der Waals surface area contributed by atoms with Gasteiger partial charge in [0.15, 0.2) is 0 Å². The van der Waals surface area contributed by atoms with Crippen LogP contribution in [0, 0.1) is 12.8 Å². The monoisotopic (exact) mass is 335 g/mol. The lowest BCUT2D eigenvalue weighted by Crippen LogP contribution is -2.29. The molecule has 1 saturated heterocycles. The van der Waals surface area contributed by atoms with Crippen molar-refractivity contribution in [3.8, 4) is 0 Å². The average Bonchev–Trinajstić information content (AvgIpc) is 3.14. The van der Waals surface area contributed by atoms with Gasteiger partial charge in [-0.1, -0.05) is 23.7 Å². The molecule has 0 saturated carbocycles. The fourth-order valence-electron chi connectivity index (χ4n) is 2.95. The first-order valence-electron chi connectivity index (χ1n) is 7.77. The molecule has 1 aliphatic rings. The highest BCUT2D eigenvalue weighted by Crippen LogP contribution is 2.20. The second-order valence-electron chi connectivity index (χ2n) is 6.02. The highest BCUT2D eigenvalue weighted by atomic mass is 35.5. The molecular weight excluding hydrogens is 314 g/mol. The summed E-state index contributed by atoms with van der Waals surface area (Å²) in [6, 6.07) is 8.21. The Balaban J connectivity index is 1.69. The van der Waals surface area contributed by atoms with Crippen molar-refractivity contribution >= 4 is 22.9 Å². The molecule has 5 heteroatoms. The standard InChI is InChI=1S/C17H22ClN3S/c1-13-17(22-12-20-13)11-21(10-15-6-7-19-8-15)9-14-2-4-16(18)5-3-14/h2-5,12,15,19H,6-11H2,1H3. The van der Waals surface area contributed by atoms with Crippen molar-refractivity contribution in [3.63, 3.8) is 0 Å². The summed E-state index contributed by atoms with van der Waals surface area (Å²) >= 11 is 7.75. The number of nitrogens with one attached hydrogen (secondary N) is 1. The summed E-state index contributed by atoms with van der Waals surface area (Å²) in [6.45, 7) is 7.47. The molecule has 0 radical (unpaired) electrons. The molecule has 0 spiro atoms. The van der Waals surface area contributed by atoms with Crippen LogP contribution in [0.5, 0.6) is 0 Å². The Morgan fingerprint density at radius 3 is 2.77 bits per heavy atom. The zero-order valence-corrected chi connectivity index (χ0v) is 14.5. The van der Waals surface area contributed by atoms with E-state index in [0.29, 0.717) is 0 Å². The Kier molecular flexibility index (Phi) is 5.47. The fourth-order valence-corrected chi connectivity index (χ4v) is 3.89. The van der Waals surface area contributed by atoms with E-state index < -0.39 is 0 Å². The minimum atomic E-state index is 0.750. The van der Waals surface area contributed by atoms with Crippen molar-refractivity contribution < 1.29 is 0 Å². The van der Waals surface area contributed by atoms with Gasteiger partial charge in [-0.3, -0.25) is 4.90 Å². The largest absolute Gasteiger partial charge is 0.316 e. The average molecular weight is 336 g/mol. The SMILES string of the molecule is Cc1ncsc1CN(Cc1ccc(Cl)cc1)CC1CCNC1. The highest BCUT2D eigenvalue weighted by Gasteiger charge is 2.19. The minimum absolute atomic E-state index is 0.750. The maximum atomic E-state index is 5.99. The van der Waals surface area contributed by atoms with Crippen LogP contribution >= 0.6 is 22.9 Å². The summed E-state index contributed by atoms with van der Waals surface area (Å²) in [4.78, 5) is 8.30. The van der Waals surface area contributed by atoms with Gasteiger partial charge in [-0.05, 0) is 50.0 Å². The number of hydrogen-bond acceptors (Lipinski definition) is 4. The summed E-state index contributed by atoms with van der Waals surface area (Å²) in [5.41, 5.74) is 4.43. The first-order chi connectivity index (χ1) is 10.7. The molecule has 0 amide bonds. The predicted molar refractivity (Wildman–Crippen MR) is 93.4 cm³/mol. The van der Waals surface area contributed by atoms with Gasteiger partial charge in [0.2, 0.25) is 0 Å². The van der Waals surface area contributed by atoms with Crippen LogP contribution in [0.3, 0.4) is 0 Å². The second-order valence-corrected chi connectivity index (χ2v) is 7.39. The van der Waals surface area contributed by atoms with Gasteiger partial charge in [-0.15, -0.1) is 11.3 Å². The Labute approximate surface area is 141 Å². The smallest absolute Gasteiger partial charge is 0.0798 e. The van der Waals surface area contributed by atoms with Crippen LogP contribution in [0.25, 0.3) is 0 Å². The van der Waals surface area contributed by atoms with Gasteiger partial charge in [-0.25, -0.2) is 4.98 Å². The van der Waals surface area contributed by atoms with E-state index in [2.05, 4.69) is 34.3 Å². The number of nitrogens with zero attached hydrogens (tertiary/aromatic N) is 2. The molecule has 1 aliphatic heterocycles. The first kappa shape index (κ1) is 15.9. The minimum Gasteiger partial charge on any atom is -0.316 e. The summed E-state index contributed by atoms with van der Waals surface area (Å²) in [7, 11) is 0. The molecule has 22 heavy (non-hydrogen) atoms. The zero-order chi connectivity index (χ0) is 15.4. The van der Waals surface area contributed by atoms with Crippen LogP contribution < -0.4 is 5.32 Å². The third-order valence-electron chi connectivity index (χ3n) is 4.21. The van der Waals surface area contributed by atoms with Crippen molar-refractivity contribution in [2.24, 2.45) is 5.92 Å². The normalized spacial score (nSPS) is 18.2. The Hall–Kier alpha value is -0.940. The molecule has 118 valence electrons. The topological polar surface area (TPSA) is 28.2 Å². The Morgan fingerprint density at radius 2 is 2.14 bits per heavy atom. The van der Waals surface area contributed by atoms with Gasteiger partial charge in [0, 0.05) is 29.5 Å². The second kappa shape index (κ2) is 7.55. The summed E-state index contributed by atoms with van der Waals surface area (Å²) in [6.07, 6.45) is 1.28. The number of rotatable bonds is 6. The maximum absolute atomic E-state index is 5.99. The lowest BCUT2D eigenvalue weighted by atomic mass is 10.1. The van der Waals surface area contributed by atoms with Gasteiger partial charge >= 0.3 is 0 Å². The van der Waals surface area contributed by atoms with Gasteiger partial charge < -0.3 is 5.32 Å². The van der Waals surface area contributed by atoms with E-state index in [9.17, 15) is 0 Å². The van der Waals surface area contributed by atoms with E-state index in [1.54, 1.807) is 11.3 Å². The maximum Gasteiger partial charge on any atom is 0.0798 e. The molecule has 3 rings (SSSR count). The van der Waals surface area contributed by atoms with Gasteiger partial charge in [0.05, 0.1) is 11.2 Å². The van der Waals surface area contributed by atoms with Crippen LogP contribution in [0.2, 0.25) is 5.02 Å². The molecule has 2 aromatic rings. The predicted octanol–water partition coefficient (Wildman–Crippen LogP) is 3.72. The van der Waals surface area contributed by atoms with Gasteiger partial charge in [-0.2, -0.15) is 0 Å².